The fourth-order valence-corrected chi connectivity index (χ4v) is 1.97. The highest BCUT2D eigenvalue weighted by Crippen LogP contribution is 2.23. The molecule has 1 heterocycles. The number of thioether (sulfide) groups is 1. The van der Waals surface area contributed by atoms with Gasteiger partial charge < -0.3 is 5.32 Å². The first-order chi connectivity index (χ1) is 8.13. The van der Waals surface area contributed by atoms with E-state index in [2.05, 4.69) is 15.3 Å². The summed E-state index contributed by atoms with van der Waals surface area (Å²) in [6.07, 6.45) is 0. The van der Waals surface area contributed by atoms with Crippen LogP contribution in [0.1, 0.15) is 6.92 Å². The molecule has 1 aromatic carbocycles. The number of hydrogen-bond acceptors (Lipinski definition) is 4. The van der Waals surface area contributed by atoms with Crippen LogP contribution < -0.4 is 5.32 Å². The van der Waals surface area contributed by atoms with E-state index in [4.69, 9.17) is 11.6 Å². The molecule has 0 saturated carbocycles. The Kier molecular flexibility index (Phi) is 3.81. The van der Waals surface area contributed by atoms with Gasteiger partial charge in [-0.15, -0.1) is 0 Å². The Hall–Kier alpha value is -1.33. The molecule has 0 radical (unpaired) electrons. The van der Waals surface area contributed by atoms with Crippen molar-refractivity contribution >= 4 is 45.2 Å². The van der Waals surface area contributed by atoms with E-state index in [1.165, 1.54) is 18.7 Å². The van der Waals surface area contributed by atoms with Crippen molar-refractivity contribution in [1.82, 2.24) is 0 Å². The van der Waals surface area contributed by atoms with Gasteiger partial charge in [-0.05, 0) is 36.9 Å². The molecule has 2 rings (SSSR count). The molecule has 4 nitrogen and oxygen atoms in total. The van der Waals surface area contributed by atoms with E-state index in [9.17, 15) is 4.79 Å². The molecule has 88 valence electrons. The predicted octanol–water partition coefficient (Wildman–Crippen LogP) is 2.80. The Morgan fingerprint density at radius 3 is 3.00 bits per heavy atom. The second-order valence-corrected chi connectivity index (χ2v) is 4.85. The minimum absolute atomic E-state index is 0.0320. The number of carbonyl (C=O) groups is 1. The summed E-state index contributed by atoms with van der Waals surface area (Å²) in [6.45, 7) is 1.69. The number of aliphatic imine (C=N–C) groups is 2. The lowest BCUT2D eigenvalue weighted by Gasteiger charge is -2.16. The highest BCUT2D eigenvalue weighted by Gasteiger charge is 2.17. The third kappa shape index (κ3) is 3.57. The number of ketones is 1. The molecular weight excluding hydrogens is 258 g/mol. The molecule has 0 fully saturated rings. The number of nitrogens with one attached hydrogen (secondary N) is 1. The monoisotopic (exact) mass is 267 g/mol. The molecular formula is C11H10ClN3OS. The van der Waals surface area contributed by atoms with Gasteiger partial charge in [-0.2, -0.15) is 4.99 Å². The average molecular weight is 268 g/mol. The Labute approximate surface area is 108 Å². The number of benzene rings is 1. The maximum atomic E-state index is 10.7. The summed E-state index contributed by atoms with van der Waals surface area (Å²) in [4.78, 5) is 18.9. The van der Waals surface area contributed by atoms with E-state index in [0.717, 1.165) is 10.9 Å². The van der Waals surface area contributed by atoms with Crippen LogP contribution in [0.4, 0.5) is 5.69 Å². The zero-order valence-electron chi connectivity index (χ0n) is 9.11. The van der Waals surface area contributed by atoms with Crippen LogP contribution in [0.5, 0.6) is 0 Å². The summed E-state index contributed by atoms with van der Waals surface area (Å²) in [7, 11) is 0. The number of halogens is 1. The SMILES string of the molecule is CC(=O)CN=C1N=C(Nc2cccc(Cl)c2)S1. The van der Waals surface area contributed by atoms with Gasteiger partial charge in [0.05, 0.1) is 0 Å². The largest absolute Gasteiger partial charge is 0.334 e. The van der Waals surface area contributed by atoms with Crippen molar-refractivity contribution in [3.63, 3.8) is 0 Å². The van der Waals surface area contributed by atoms with E-state index in [1.807, 2.05) is 24.3 Å². The topological polar surface area (TPSA) is 53.8 Å². The van der Waals surface area contributed by atoms with Crippen LogP contribution in [-0.4, -0.2) is 22.7 Å². The van der Waals surface area contributed by atoms with Crippen molar-refractivity contribution in [3.8, 4) is 0 Å². The van der Waals surface area contributed by atoms with E-state index in [0.29, 0.717) is 10.2 Å². The Balaban J connectivity index is 1.93. The van der Waals surface area contributed by atoms with E-state index in [1.54, 1.807) is 0 Å². The standard InChI is InChI=1S/C11H10ClN3OS/c1-7(16)6-13-10-15-11(17-10)14-9-4-2-3-8(12)5-9/h2-5H,6H2,1H3,(H,13,14,15). The summed E-state index contributed by atoms with van der Waals surface area (Å²) in [5, 5.41) is 5.16. The summed E-state index contributed by atoms with van der Waals surface area (Å²) in [5.74, 6) is 0.0320. The molecule has 17 heavy (non-hydrogen) atoms. The molecule has 1 aliphatic rings. The quantitative estimate of drug-likeness (QED) is 0.916. The van der Waals surface area contributed by atoms with Gasteiger partial charge in [0, 0.05) is 10.7 Å². The first-order valence-electron chi connectivity index (χ1n) is 4.96. The van der Waals surface area contributed by atoms with Crippen LogP contribution in [-0.2, 0) is 4.79 Å². The van der Waals surface area contributed by atoms with Crippen molar-refractivity contribution in [2.75, 3.05) is 11.9 Å². The Morgan fingerprint density at radius 1 is 1.59 bits per heavy atom. The maximum absolute atomic E-state index is 10.7. The first kappa shape index (κ1) is 12.1. The van der Waals surface area contributed by atoms with Crippen LogP contribution in [0, 0.1) is 0 Å². The summed E-state index contributed by atoms with van der Waals surface area (Å²) >= 11 is 7.26. The number of hydrogen-bond donors (Lipinski definition) is 1. The molecule has 1 aliphatic heterocycles. The van der Waals surface area contributed by atoms with Crippen LogP contribution in [0.25, 0.3) is 0 Å². The van der Waals surface area contributed by atoms with Crippen molar-refractivity contribution in [1.29, 1.82) is 0 Å². The minimum atomic E-state index is 0.0320. The molecule has 0 aromatic heterocycles. The van der Waals surface area contributed by atoms with E-state index in [-0.39, 0.29) is 12.3 Å². The van der Waals surface area contributed by atoms with Gasteiger partial charge in [-0.1, -0.05) is 17.7 Å². The summed E-state index contributed by atoms with van der Waals surface area (Å²) in [5.41, 5.74) is 0.884. The number of carbonyl (C=O) groups excluding carboxylic acids is 1. The molecule has 1 aromatic rings. The minimum Gasteiger partial charge on any atom is -0.334 e. The van der Waals surface area contributed by atoms with Crippen LogP contribution in [0.15, 0.2) is 34.3 Å². The Bertz CT molecular complexity index is 513. The average Bonchev–Trinajstić information content (AvgIpc) is 2.21. The van der Waals surface area contributed by atoms with Gasteiger partial charge in [-0.3, -0.25) is 9.79 Å². The summed E-state index contributed by atoms with van der Waals surface area (Å²) < 4.78 is 0. The maximum Gasteiger partial charge on any atom is 0.193 e. The summed E-state index contributed by atoms with van der Waals surface area (Å²) in [6, 6.07) is 7.39. The predicted molar refractivity (Wildman–Crippen MR) is 73.1 cm³/mol. The highest BCUT2D eigenvalue weighted by atomic mass is 35.5. The van der Waals surface area contributed by atoms with Crippen molar-refractivity contribution in [2.45, 2.75) is 6.92 Å². The van der Waals surface area contributed by atoms with Gasteiger partial charge in [0.1, 0.15) is 6.54 Å². The lowest BCUT2D eigenvalue weighted by Crippen LogP contribution is -2.20. The number of rotatable bonds is 3. The highest BCUT2D eigenvalue weighted by molar-refractivity contribution is 8.29. The smallest absolute Gasteiger partial charge is 0.193 e. The molecule has 0 unspecified atom stereocenters. The van der Waals surface area contributed by atoms with E-state index < -0.39 is 0 Å². The number of amidine groups is 2. The zero-order chi connectivity index (χ0) is 12.3. The van der Waals surface area contributed by atoms with Crippen molar-refractivity contribution in [3.05, 3.63) is 29.3 Å². The van der Waals surface area contributed by atoms with Crippen LogP contribution >= 0.6 is 23.4 Å². The number of nitrogens with zero attached hydrogens (tertiary/aromatic N) is 2. The van der Waals surface area contributed by atoms with Gasteiger partial charge in [0.15, 0.2) is 16.1 Å². The van der Waals surface area contributed by atoms with Gasteiger partial charge >= 0.3 is 0 Å². The third-order valence-electron chi connectivity index (χ3n) is 1.90. The molecule has 0 bridgehead atoms. The Morgan fingerprint density at radius 2 is 2.35 bits per heavy atom. The third-order valence-corrected chi connectivity index (χ3v) is 2.92. The number of Topliss-reactive ketones (excluding diaryl/α,β-unsaturated/α-hetero) is 1. The molecule has 6 heteroatoms. The molecule has 0 amide bonds. The molecule has 0 saturated heterocycles. The zero-order valence-corrected chi connectivity index (χ0v) is 10.7. The number of anilines is 1. The fourth-order valence-electron chi connectivity index (χ4n) is 1.17. The fraction of sp³-hybridized carbons (Fsp3) is 0.182. The second-order valence-electron chi connectivity index (χ2n) is 3.46. The van der Waals surface area contributed by atoms with Crippen molar-refractivity contribution in [2.24, 2.45) is 9.98 Å². The van der Waals surface area contributed by atoms with E-state index >= 15 is 0 Å². The lowest BCUT2D eigenvalue weighted by molar-refractivity contribution is -0.115. The molecule has 0 spiro atoms. The van der Waals surface area contributed by atoms with Gasteiger partial charge in [0.2, 0.25) is 0 Å². The lowest BCUT2D eigenvalue weighted by atomic mass is 10.3. The van der Waals surface area contributed by atoms with Crippen LogP contribution in [0.2, 0.25) is 5.02 Å². The molecule has 1 N–H and O–H groups in total. The first-order valence-corrected chi connectivity index (χ1v) is 6.16. The molecule has 0 aliphatic carbocycles. The van der Waals surface area contributed by atoms with Gasteiger partial charge in [0.25, 0.3) is 0 Å². The normalized spacial score (nSPS) is 16.4. The van der Waals surface area contributed by atoms with Crippen molar-refractivity contribution < 1.29 is 4.79 Å². The second kappa shape index (κ2) is 5.33. The molecule has 0 atom stereocenters. The van der Waals surface area contributed by atoms with Gasteiger partial charge in [-0.25, -0.2) is 0 Å². The van der Waals surface area contributed by atoms with Crippen LogP contribution in [0.3, 0.4) is 0 Å².